The van der Waals surface area contributed by atoms with E-state index in [-0.39, 0.29) is 19.1 Å². The van der Waals surface area contributed by atoms with Gasteiger partial charge in [-0.2, -0.15) is 0 Å². The Morgan fingerprint density at radius 2 is 2.15 bits per heavy atom. The summed E-state index contributed by atoms with van der Waals surface area (Å²) < 4.78 is 0. The molecule has 1 aromatic rings. The third-order valence-electron chi connectivity index (χ3n) is 1.86. The van der Waals surface area contributed by atoms with Gasteiger partial charge in [0.25, 0.3) is 0 Å². The Hall–Kier alpha value is -0.610. The second-order valence-electron chi connectivity index (χ2n) is 2.73. The van der Waals surface area contributed by atoms with Crippen LogP contribution in [0.15, 0.2) is 24.3 Å². The molecular weight excluding hydrogens is 190 g/mol. The van der Waals surface area contributed by atoms with Crippen molar-refractivity contribution in [1.29, 1.82) is 0 Å². The summed E-state index contributed by atoms with van der Waals surface area (Å²) in [5, 5.41) is 9.66. The Kier molecular flexibility index (Phi) is 4.18. The van der Waals surface area contributed by atoms with E-state index in [4.69, 9.17) is 22.6 Å². The molecule has 1 aromatic carbocycles. The Labute approximate surface area is 82.0 Å². The average molecular weight is 202 g/mol. The first-order chi connectivity index (χ1) is 6.29. The van der Waals surface area contributed by atoms with Gasteiger partial charge in [-0.05, 0) is 11.6 Å². The van der Waals surface area contributed by atoms with E-state index in [1.165, 1.54) is 0 Å². The van der Waals surface area contributed by atoms with Crippen LogP contribution >= 0.6 is 11.6 Å². The fraction of sp³-hybridized carbons (Fsp3) is 0.333. The van der Waals surface area contributed by atoms with Crippen LogP contribution < -0.4 is 5.90 Å². The second-order valence-corrected chi connectivity index (χ2v) is 3.14. The van der Waals surface area contributed by atoms with Crippen LogP contribution in [0.25, 0.3) is 0 Å². The van der Waals surface area contributed by atoms with Crippen molar-refractivity contribution in [3.05, 3.63) is 34.9 Å². The van der Waals surface area contributed by atoms with Gasteiger partial charge in [-0.15, -0.1) is 0 Å². The van der Waals surface area contributed by atoms with E-state index in [1.54, 1.807) is 6.07 Å². The lowest BCUT2D eigenvalue weighted by Gasteiger charge is -2.13. The molecule has 72 valence electrons. The van der Waals surface area contributed by atoms with Crippen LogP contribution in [0, 0.1) is 0 Å². The number of aliphatic hydroxyl groups is 1. The van der Waals surface area contributed by atoms with Crippen LogP contribution in [0.3, 0.4) is 0 Å². The molecule has 1 atom stereocenters. The van der Waals surface area contributed by atoms with Gasteiger partial charge in [-0.1, -0.05) is 29.8 Å². The SMILES string of the molecule is NOCC(CO)c1ccccc1Cl. The highest BCUT2D eigenvalue weighted by Crippen LogP contribution is 2.23. The Balaban J connectivity index is 2.84. The number of aliphatic hydroxyl groups excluding tert-OH is 1. The lowest BCUT2D eigenvalue weighted by molar-refractivity contribution is 0.101. The van der Waals surface area contributed by atoms with Gasteiger partial charge < -0.3 is 9.94 Å². The fourth-order valence-electron chi connectivity index (χ4n) is 1.16. The van der Waals surface area contributed by atoms with Crippen molar-refractivity contribution in [2.24, 2.45) is 5.90 Å². The van der Waals surface area contributed by atoms with Crippen molar-refractivity contribution < 1.29 is 9.94 Å². The Morgan fingerprint density at radius 1 is 1.46 bits per heavy atom. The normalized spacial score (nSPS) is 12.8. The number of nitrogens with two attached hydrogens (primary N) is 1. The summed E-state index contributed by atoms with van der Waals surface area (Å²) in [6.45, 7) is 0.237. The highest BCUT2D eigenvalue weighted by atomic mass is 35.5. The molecule has 0 aliphatic rings. The van der Waals surface area contributed by atoms with Crippen molar-refractivity contribution >= 4 is 11.6 Å². The van der Waals surface area contributed by atoms with Crippen molar-refractivity contribution in [3.63, 3.8) is 0 Å². The molecule has 0 bridgehead atoms. The first kappa shape index (κ1) is 10.5. The molecule has 4 heteroatoms. The third kappa shape index (κ3) is 2.67. The average Bonchev–Trinajstić information content (AvgIpc) is 2.16. The number of hydrogen-bond donors (Lipinski definition) is 2. The molecule has 0 fully saturated rings. The van der Waals surface area contributed by atoms with Crippen LogP contribution in [-0.2, 0) is 4.84 Å². The largest absolute Gasteiger partial charge is 0.396 e. The first-order valence-corrected chi connectivity index (χ1v) is 4.34. The maximum absolute atomic E-state index is 9.04. The van der Waals surface area contributed by atoms with Gasteiger partial charge in [0.05, 0.1) is 13.2 Å². The summed E-state index contributed by atoms with van der Waals surface area (Å²) >= 11 is 5.93. The smallest absolute Gasteiger partial charge is 0.0770 e. The summed E-state index contributed by atoms with van der Waals surface area (Å²) in [4.78, 5) is 4.49. The molecule has 13 heavy (non-hydrogen) atoms. The highest BCUT2D eigenvalue weighted by Gasteiger charge is 2.12. The molecule has 3 N–H and O–H groups in total. The predicted octanol–water partition coefficient (Wildman–Crippen LogP) is 1.31. The molecule has 0 saturated carbocycles. The fourth-order valence-corrected chi connectivity index (χ4v) is 1.45. The number of benzene rings is 1. The van der Waals surface area contributed by atoms with E-state index in [0.717, 1.165) is 5.56 Å². The van der Waals surface area contributed by atoms with Crippen molar-refractivity contribution in [2.45, 2.75) is 5.92 Å². The molecule has 0 aliphatic heterocycles. The summed E-state index contributed by atoms with van der Waals surface area (Å²) in [5.74, 6) is 4.78. The summed E-state index contributed by atoms with van der Waals surface area (Å²) in [6, 6.07) is 7.32. The van der Waals surface area contributed by atoms with Crippen molar-refractivity contribution in [2.75, 3.05) is 13.2 Å². The van der Waals surface area contributed by atoms with Gasteiger partial charge in [0.15, 0.2) is 0 Å². The van der Waals surface area contributed by atoms with E-state index in [2.05, 4.69) is 4.84 Å². The number of rotatable bonds is 4. The Morgan fingerprint density at radius 3 is 2.69 bits per heavy atom. The van der Waals surface area contributed by atoms with Crippen LogP contribution in [-0.4, -0.2) is 18.3 Å². The maximum Gasteiger partial charge on any atom is 0.0770 e. The zero-order chi connectivity index (χ0) is 9.68. The van der Waals surface area contributed by atoms with Gasteiger partial charge in [-0.25, -0.2) is 5.90 Å². The minimum atomic E-state index is -0.154. The van der Waals surface area contributed by atoms with Gasteiger partial charge in [0.1, 0.15) is 0 Å². The zero-order valence-corrected chi connectivity index (χ0v) is 7.87. The summed E-state index contributed by atoms with van der Waals surface area (Å²) in [6.07, 6.45) is 0. The minimum Gasteiger partial charge on any atom is -0.396 e. The molecule has 1 rings (SSSR count). The number of halogens is 1. The van der Waals surface area contributed by atoms with E-state index in [9.17, 15) is 0 Å². The molecule has 0 aromatic heterocycles. The first-order valence-electron chi connectivity index (χ1n) is 3.96. The van der Waals surface area contributed by atoms with Crippen molar-refractivity contribution in [1.82, 2.24) is 0 Å². The minimum absolute atomic E-state index is 0.0269. The predicted molar refractivity (Wildman–Crippen MR) is 51.4 cm³/mol. The van der Waals surface area contributed by atoms with Gasteiger partial charge in [0, 0.05) is 10.9 Å². The van der Waals surface area contributed by atoms with Crippen molar-refractivity contribution in [3.8, 4) is 0 Å². The standard InChI is InChI=1S/C9H12ClNO2/c10-9-4-2-1-3-8(9)7(5-12)6-13-11/h1-4,7,12H,5-6,11H2. The second kappa shape index (κ2) is 5.19. The van der Waals surface area contributed by atoms with Gasteiger partial charge in [-0.3, -0.25) is 0 Å². The molecule has 0 saturated heterocycles. The molecule has 1 unspecified atom stereocenters. The van der Waals surface area contributed by atoms with Crippen LogP contribution in [0.4, 0.5) is 0 Å². The lowest BCUT2D eigenvalue weighted by Crippen LogP contribution is -2.15. The monoisotopic (exact) mass is 201 g/mol. The summed E-state index contributed by atoms with van der Waals surface area (Å²) in [5.41, 5.74) is 0.858. The molecule has 3 nitrogen and oxygen atoms in total. The van der Waals surface area contributed by atoms with Gasteiger partial charge in [0.2, 0.25) is 0 Å². The number of hydrogen-bond acceptors (Lipinski definition) is 3. The molecule has 0 aliphatic carbocycles. The summed E-state index contributed by atoms with van der Waals surface area (Å²) in [7, 11) is 0. The van der Waals surface area contributed by atoms with E-state index in [0.29, 0.717) is 5.02 Å². The molecule has 0 heterocycles. The lowest BCUT2D eigenvalue weighted by atomic mass is 10.0. The highest BCUT2D eigenvalue weighted by molar-refractivity contribution is 6.31. The van der Waals surface area contributed by atoms with Crippen LogP contribution in [0.1, 0.15) is 11.5 Å². The molecule has 0 radical (unpaired) electrons. The molecule has 0 spiro atoms. The zero-order valence-electron chi connectivity index (χ0n) is 7.11. The van der Waals surface area contributed by atoms with E-state index >= 15 is 0 Å². The maximum atomic E-state index is 9.04. The van der Waals surface area contributed by atoms with Gasteiger partial charge >= 0.3 is 0 Å². The topological polar surface area (TPSA) is 55.5 Å². The van der Waals surface area contributed by atoms with E-state index < -0.39 is 0 Å². The quantitative estimate of drug-likeness (QED) is 0.723. The van der Waals surface area contributed by atoms with Crippen LogP contribution in [0.2, 0.25) is 5.02 Å². The van der Waals surface area contributed by atoms with Crippen LogP contribution in [0.5, 0.6) is 0 Å². The molecular formula is C9H12ClNO2. The Bertz CT molecular complexity index is 268. The van der Waals surface area contributed by atoms with E-state index in [1.807, 2.05) is 18.2 Å². The molecule has 0 amide bonds. The third-order valence-corrected chi connectivity index (χ3v) is 2.21.